The van der Waals surface area contributed by atoms with Crippen LogP contribution in [0.2, 0.25) is 46.3 Å². The van der Waals surface area contributed by atoms with Gasteiger partial charge in [-0.2, -0.15) is 0 Å². The second-order valence-electron chi connectivity index (χ2n) is 35.2. The highest BCUT2D eigenvalue weighted by Crippen LogP contribution is 2.37. The fourth-order valence-electron chi connectivity index (χ4n) is 9.90. The van der Waals surface area contributed by atoms with Crippen LogP contribution in [0.1, 0.15) is 314 Å². The molecule has 0 aromatic heterocycles. The van der Waals surface area contributed by atoms with Crippen LogP contribution < -0.4 is 0 Å². The Kier molecular flexibility index (Phi) is 58.8. The molecule has 0 saturated carbocycles. The summed E-state index contributed by atoms with van der Waals surface area (Å²) in [5, 5.41) is 0. The van der Waals surface area contributed by atoms with E-state index in [2.05, 4.69) is 138 Å². The molecule has 0 aromatic carbocycles. The zero-order valence-electron chi connectivity index (χ0n) is 76.1. The third-order valence-corrected chi connectivity index (χ3v) is 38.9. The Balaban J connectivity index is -0.000000400. The summed E-state index contributed by atoms with van der Waals surface area (Å²) in [6.07, 6.45) is 7.52. The summed E-state index contributed by atoms with van der Waals surface area (Å²) in [7, 11) is -5.51. The Morgan fingerprint density at radius 2 is 0.495 bits per heavy atom. The van der Waals surface area contributed by atoms with Crippen LogP contribution in [-0.2, 0) is 83.1 Å². The van der Waals surface area contributed by atoms with Gasteiger partial charge in [-0.05, 0) is 244 Å². The van der Waals surface area contributed by atoms with Crippen molar-refractivity contribution in [2.45, 2.75) is 373 Å². The molecule has 0 fully saturated rings. The molecule has 0 atom stereocenters. The first-order valence-corrected chi connectivity index (χ1v) is 49.3. The first-order valence-electron chi connectivity index (χ1n) is 40.9. The molecule has 0 amide bonds. The zero-order valence-corrected chi connectivity index (χ0v) is 80.1. The molecular weight excluding hydrogens is 1400 g/mol. The molecular formula is C83H174O18Si4. The van der Waals surface area contributed by atoms with Crippen molar-refractivity contribution in [1.29, 1.82) is 0 Å². The van der Waals surface area contributed by atoms with Gasteiger partial charge in [0.15, 0.2) is 0 Å². The van der Waals surface area contributed by atoms with Gasteiger partial charge in [-0.15, -0.1) is 0 Å². The molecule has 0 heterocycles. The van der Waals surface area contributed by atoms with Crippen LogP contribution >= 0.6 is 0 Å². The summed E-state index contributed by atoms with van der Waals surface area (Å²) in [6, 6.07) is 3.42. The molecule has 0 spiro atoms. The van der Waals surface area contributed by atoms with E-state index in [0.29, 0.717) is 80.2 Å². The van der Waals surface area contributed by atoms with E-state index in [0.717, 1.165) is 88.8 Å². The van der Waals surface area contributed by atoms with E-state index < -0.39 is 55.9 Å². The molecule has 0 aliphatic carbocycles. The van der Waals surface area contributed by atoms with Crippen molar-refractivity contribution in [3.8, 4) is 0 Å². The molecule has 0 aliphatic heterocycles. The highest BCUT2D eigenvalue weighted by Gasteiger charge is 2.46. The van der Waals surface area contributed by atoms with Crippen molar-refractivity contribution < 1.29 is 83.1 Å². The van der Waals surface area contributed by atoms with E-state index >= 15 is 0 Å². The van der Waals surface area contributed by atoms with Gasteiger partial charge in [0, 0.05) is 52.9 Å². The lowest BCUT2D eigenvalue weighted by molar-refractivity contribution is -0.157. The zero-order chi connectivity index (χ0) is 83.4. The number of rotatable bonds is 50. The fourth-order valence-corrected chi connectivity index (χ4v) is 22.9. The van der Waals surface area contributed by atoms with Crippen LogP contribution in [-0.4, -0.2) is 150 Å². The van der Waals surface area contributed by atoms with E-state index in [1.54, 1.807) is 14.2 Å². The quantitative estimate of drug-likeness (QED) is 0.0240. The summed E-state index contributed by atoms with van der Waals surface area (Å²) in [5.41, 5.74) is -0.627. The molecule has 630 valence electrons. The summed E-state index contributed by atoms with van der Waals surface area (Å²) in [5.74, 6) is 1.48. The maximum absolute atomic E-state index is 12.2. The number of esters is 5. The summed E-state index contributed by atoms with van der Waals surface area (Å²) < 4.78 is 75.6. The molecule has 18 nitrogen and oxygen atoms in total. The topological polar surface area (TPSA) is 205 Å². The Labute approximate surface area is 652 Å². The van der Waals surface area contributed by atoms with Gasteiger partial charge >= 0.3 is 64.1 Å². The van der Waals surface area contributed by atoms with Gasteiger partial charge in [0.05, 0.1) is 60.1 Å². The lowest BCUT2D eigenvalue weighted by Crippen LogP contribution is -2.48. The summed E-state index contributed by atoms with van der Waals surface area (Å²) in [4.78, 5) is 60.4. The molecule has 0 rings (SSSR count). The Bertz CT molecular complexity index is 2230. The third kappa shape index (κ3) is 42.4. The van der Waals surface area contributed by atoms with E-state index in [1.165, 1.54) is 0 Å². The number of hydrogen-bond acceptors (Lipinski definition) is 18. The highest BCUT2D eigenvalue weighted by atomic mass is 28.4. The highest BCUT2D eigenvalue weighted by molar-refractivity contribution is 6.70. The number of hydrogen-bond donors (Lipinski definition) is 0. The van der Waals surface area contributed by atoms with Crippen LogP contribution in [0.3, 0.4) is 0 Å². The standard InChI is InChI=1S/2C19H40O4Si.C17H36O4Si.C15H32O4Si.C13H26O2/c1-14(2)19(9,10)18(20)21-12-11-13-24(17(7)8,22-15(3)4)23-16(5)6;1-9-12-22-24(17(5)6,23-13-10-2)15-11-14-21-18(20)19(7,8)16(3)4;1-9-20-22(15(5)6,21-10-2)13-11-12-19-16(18)17(7,8)14(3)4;1-12(2)15(5,6)14(16)19-10-9-11-20(17-7,18-8)13(3)4;1-10(2)8-7-9-15-12(14)13(5,6)11(3)4/h14-17H,11-13H2,1-10H3;16-17H,9-15H2,1-8H3;14-15H,9-13H2,1-8H3;12-13H,9-11H2,1-8H3;10-11H,7-9H2,1-6H3. The van der Waals surface area contributed by atoms with Crippen LogP contribution in [0.15, 0.2) is 0 Å². The predicted molar refractivity (Wildman–Crippen MR) is 445 cm³/mol. The minimum Gasteiger partial charge on any atom is -0.465 e. The molecule has 22 heteroatoms. The number of carbonyl (C=O) groups excluding carboxylic acids is 5. The second-order valence-corrected chi connectivity index (χ2v) is 50.7. The largest absolute Gasteiger partial charge is 0.465 e. The van der Waals surface area contributed by atoms with Crippen molar-refractivity contribution in [3.63, 3.8) is 0 Å². The van der Waals surface area contributed by atoms with E-state index in [1.807, 2.05) is 125 Å². The van der Waals surface area contributed by atoms with Crippen LogP contribution in [0.4, 0.5) is 0 Å². The Morgan fingerprint density at radius 3 is 0.676 bits per heavy atom. The summed E-state index contributed by atoms with van der Waals surface area (Å²) >= 11 is 0. The van der Waals surface area contributed by atoms with Gasteiger partial charge in [-0.3, -0.25) is 24.0 Å². The SMILES string of the molecule is CC(C)CCCOC(=O)C(C)(C)C(C)C.CC(C)O[Si](CCCOC(=O)C(C)(C)C(C)C)(OC(C)C)C(C)C.CCCO[Si](CCCOC(=O)C(C)(C)C(C)C)(OCCC)C(C)C.CCO[Si](CCCOC(=O)C(C)(C)C(C)C)(OCC)C(C)C.CO[Si](CCCOC(=O)C(C)(C)C(C)C)(OC)C(C)C. The molecule has 0 bridgehead atoms. The van der Waals surface area contributed by atoms with Gasteiger partial charge in [0.2, 0.25) is 0 Å². The van der Waals surface area contributed by atoms with E-state index in [-0.39, 0.29) is 71.1 Å². The predicted octanol–water partition coefficient (Wildman–Crippen LogP) is 22.5. The lowest BCUT2D eigenvalue weighted by atomic mass is 9.81. The monoisotopic (exact) mass is 1570 g/mol. The third-order valence-electron chi connectivity index (χ3n) is 21.6. The van der Waals surface area contributed by atoms with Crippen molar-refractivity contribution in [1.82, 2.24) is 0 Å². The van der Waals surface area contributed by atoms with Gasteiger partial charge in [-0.1, -0.05) is 152 Å². The Morgan fingerprint density at radius 1 is 0.286 bits per heavy atom. The van der Waals surface area contributed by atoms with Crippen LogP contribution in [0, 0.1) is 62.6 Å². The average molecular weight is 1570 g/mol. The maximum Gasteiger partial charge on any atom is 0.341 e. The molecule has 0 aliphatic rings. The van der Waals surface area contributed by atoms with Crippen LogP contribution in [0.25, 0.3) is 0 Å². The lowest BCUT2D eigenvalue weighted by Gasteiger charge is -2.37. The van der Waals surface area contributed by atoms with Gasteiger partial charge in [0.25, 0.3) is 0 Å². The minimum absolute atomic E-state index is 0.0683. The van der Waals surface area contributed by atoms with Gasteiger partial charge < -0.3 is 59.1 Å². The smallest absolute Gasteiger partial charge is 0.341 e. The van der Waals surface area contributed by atoms with Gasteiger partial charge in [0.1, 0.15) is 0 Å². The number of carbonyl (C=O) groups is 5. The van der Waals surface area contributed by atoms with E-state index in [9.17, 15) is 24.0 Å². The second kappa shape index (κ2) is 55.4. The molecule has 0 unspecified atom stereocenters. The van der Waals surface area contributed by atoms with Crippen molar-refractivity contribution in [2.75, 3.05) is 73.7 Å². The van der Waals surface area contributed by atoms with Crippen LogP contribution in [0.5, 0.6) is 0 Å². The molecule has 0 N–H and O–H groups in total. The first kappa shape index (κ1) is 111. The number of ether oxygens (including phenoxy) is 5. The van der Waals surface area contributed by atoms with Crippen molar-refractivity contribution in [2.24, 2.45) is 62.6 Å². The normalized spacial score (nSPS) is 13.0. The van der Waals surface area contributed by atoms with Gasteiger partial charge in [-0.25, -0.2) is 0 Å². The van der Waals surface area contributed by atoms with Crippen molar-refractivity contribution >= 4 is 64.1 Å². The Hall–Kier alpha value is -2.10. The average Bonchev–Trinajstić information content (AvgIpc) is 0.831. The molecule has 0 radical (unpaired) electrons. The fraction of sp³-hybridized carbons (Fsp3) is 0.940. The minimum atomic E-state index is -2.33. The van der Waals surface area contributed by atoms with Crippen molar-refractivity contribution in [3.05, 3.63) is 0 Å². The molecule has 0 saturated heterocycles. The first-order chi connectivity index (χ1) is 48.0. The molecule has 105 heavy (non-hydrogen) atoms. The summed E-state index contributed by atoms with van der Waals surface area (Å²) in [6.45, 7) is 83.1. The van der Waals surface area contributed by atoms with E-state index in [4.69, 9.17) is 59.1 Å². The maximum atomic E-state index is 12.2. The molecule has 0 aromatic rings.